The van der Waals surface area contributed by atoms with Crippen LogP contribution in [0.5, 0.6) is 0 Å². The van der Waals surface area contributed by atoms with E-state index in [-0.39, 0.29) is 5.56 Å². The van der Waals surface area contributed by atoms with Crippen molar-refractivity contribution in [3.05, 3.63) is 51.4 Å². The molecule has 2 heterocycles. The Morgan fingerprint density at radius 1 is 1.04 bits per heavy atom. The van der Waals surface area contributed by atoms with Crippen LogP contribution < -0.4 is 10.5 Å². The first-order valence-electron chi connectivity index (χ1n) is 10.3. The number of aryl methyl sites for hydroxylation is 2. The highest BCUT2D eigenvalue weighted by Crippen LogP contribution is 2.31. The van der Waals surface area contributed by atoms with E-state index in [2.05, 4.69) is 41.0 Å². The summed E-state index contributed by atoms with van der Waals surface area (Å²) in [4.78, 5) is 22.5. The summed E-state index contributed by atoms with van der Waals surface area (Å²) in [6.45, 7) is 7.44. The van der Waals surface area contributed by atoms with Gasteiger partial charge in [-0.3, -0.25) is 19.2 Å². The van der Waals surface area contributed by atoms with E-state index in [1.807, 2.05) is 18.4 Å². The lowest BCUT2D eigenvalue weighted by Gasteiger charge is -2.43. The maximum atomic E-state index is 13.0. The molecule has 1 aromatic carbocycles. The molecule has 1 aliphatic carbocycles. The highest BCUT2D eigenvalue weighted by atomic mass is 16.1. The van der Waals surface area contributed by atoms with Crippen LogP contribution >= 0.6 is 0 Å². The van der Waals surface area contributed by atoms with E-state index in [1.165, 1.54) is 37.7 Å². The third-order valence-electron chi connectivity index (χ3n) is 6.25. The molecule has 1 aromatic heterocycles. The Morgan fingerprint density at radius 2 is 1.74 bits per heavy atom. The molecule has 0 saturated heterocycles. The molecule has 5 nitrogen and oxygen atoms in total. The Morgan fingerprint density at radius 3 is 2.41 bits per heavy atom. The molecule has 1 fully saturated rings. The van der Waals surface area contributed by atoms with E-state index >= 15 is 0 Å². The van der Waals surface area contributed by atoms with E-state index in [1.54, 1.807) is 0 Å². The lowest BCUT2D eigenvalue weighted by Crippen LogP contribution is -2.51. The van der Waals surface area contributed by atoms with Gasteiger partial charge in [0.05, 0.1) is 13.3 Å². The minimum Gasteiger partial charge on any atom is -0.298 e. The van der Waals surface area contributed by atoms with Gasteiger partial charge in [-0.25, -0.2) is 4.98 Å². The molecule has 144 valence electrons. The minimum atomic E-state index is 0.0909. The molecule has 1 saturated carbocycles. The fourth-order valence-electron chi connectivity index (χ4n) is 4.33. The lowest BCUT2D eigenvalue weighted by atomic mass is 9.94. The predicted octanol–water partition coefficient (Wildman–Crippen LogP) is 4.12. The predicted molar refractivity (Wildman–Crippen MR) is 110 cm³/mol. The number of nitrogens with zero attached hydrogens (tertiary/aromatic N) is 4. The van der Waals surface area contributed by atoms with Gasteiger partial charge in [-0.05, 0) is 50.8 Å². The third-order valence-corrected chi connectivity index (χ3v) is 6.25. The van der Waals surface area contributed by atoms with Crippen molar-refractivity contribution in [2.75, 3.05) is 11.6 Å². The summed E-state index contributed by atoms with van der Waals surface area (Å²) < 4.78 is 1.87. The SMILES string of the molecule is CCc1ccc(N2CN(C3CCCCC3)Cn3c2nc(C)c(C)c3=O)cc1. The molecule has 4 rings (SSSR count). The van der Waals surface area contributed by atoms with Crippen LogP contribution in [-0.2, 0) is 13.1 Å². The van der Waals surface area contributed by atoms with E-state index in [0.717, 1.165) is 36.0 Å². The van der Waals surface area contributed by atoms with Crippen LogP contribution in [0.4, 0.5) is 11.6 Å². The maximum absolute atomic E-state index is 13.0. The van der Waals surface area contributed by atoms with E-state index in [4.69, 9.17) is 4.98 Å². The molecular formula is C22H30N4O. The fourth-order valence-corrected chi connectivity index (χ4v) is 4.33. The van der Waals surface area contributed by atoms with Gasteiger partial charge in [-0.1, -0.05) is 38.3 Å². The molecule has 0 amide bonds. The number of hydrogen-bond donors (Lipinski definition) is 0. The highest BCUT2D eigenvalue weighted by Gasteiger charge is 2.31. The second-order valence-corrected chi connectivity index (χ2v) is 7.97. The average molecular weight is 367 g/mol. The van der Waals surface area contributed by atoms with Gasteiger partial charge in [0, 0.05) is 23.0 Å². The summed E-state index contributed by atoms with van der Waals surface area (Å²) in [7, 11) is 0. The standard InChI is InChI=1S/C22H30N4O/c1-4-18-10-12-20(13-11-18)25-14-24(19-8-6-5-7-9-19)15-26-21(27)16(2)17(3)23-22(25)26/h10-13,19H,4-9,14-15H2,1-3H3. The van der Waals surface area contributed by atoms with E-state index in [9.17, 15) is 4.79 Å². The first-order valence-corrected chi connectivity index (χ1v) is 10.3. The molecule has 0 unspecified atom stereocenters. The van der Waals surface area contributed by atoms with E-state index < -0.39 is 0 Å². The first-order chi connectivity index (χ1) is 13.1. The topological polar surface area (TPSA) is 41.4 Å². The van der Waals surface area contributed by atoms with Gasteiger partial charge in [-0.15, -0.1) is 0 Å². The molecule has 0 radical (unpaired) electrons. The minimum absolute atomic E-state index is 0.0909. The third kappa shape index (κ3) is 3.41. The quantitative estimate of drug-likeness (QED) is 0.819. The van der Waals surface area contributed by atoms with Crippen molar-refractivity contribution in [1.29, 1.82) is 0 Å². The highest BCUT2D eigenvalue weighted by molar-refractivity contribution is 5.59. The molecule has 2 aromatic rings. The van der Waals surface area contributed by atoms with Crippen molar-refractivity contribution in [1.82, 2.24) is 14.5 Å². The van der Waals surface area contributed by atoms with Gasteiger partial charge < -0.3 is 0 Å². The van der Waals surface area contributed by atoms with Crippen molar-refractivity contribution in [2.45, 2.75) is 72.0 Å². The fraction of sp³-hybridized carbons (Fsp3) is 0.545. The van der Waals surface area contributed by atoms with Crippen molar-refractivity contribution in [2.24, 2.45) is 0 Å². The first kappa shape index (κ1) is 18.2. The maximum Gasteiger partial charge on any atom is 0.259 e. The summed E-state index contributed by atoms with van der Waals surface area (Å²) in [6, 6.07) is 9.23. The summed E-state index contributed by atoms with van der Waals surface area (Å²) in [5.41, 5.74) is 4.10. The number of fused-ring (bicyclic) bond motifs is 1. The summed E-state index contributed by atoms with van der Waals surface area (Å²) in [6.07, 6.45) is 7.40. The second kappa shape index (κ2) is 7.47. The molecule has 0 atom stereocenters. The van der Waals surface area contributed by atoms with Crippen LogP contribution in [0.3, 0.4) is 0 Å². The number of hydrogen-bond acceptors (Lipinski definition) is 4. The van der Waals surface area contributed by atoms with Gasteiger partial charge in [0.15, 0.2) is 0 Å². The molecule has 1 aliphatic heterocycles. The summed E-state index contributed by atoms with van der Waals surface area (Å²) >= 11 is 0. The summed E-state index contributed by atoms with van der Waals surface area (Å²) in [5, 5.41) is 0. The van der Waals surface area contributed by atoms with Gasteiger partial charge in [0.1, 0.15) is 0 Å². The van der Waals surface area contributed by atoms with E-state index in [0.29, 0.717) is 12.7 Å². The largest absolute Gasteiger partial charge is 0.298 e. The van der Waals surface area contributed by atoms with Crippen LogP contribution in [0.2, 0.25) is 0 Å². The molecule has 0 bridgehead atoms. The molecule has 27 heavy (non-hydrogen) atoms. The van der Waals surface area contributed by atoms with Crippen LogP contribution in [0.25, 0.3) is 0 Å². The normalized spacial score (nSPS) is 18.6. The van der Waals surface area contributed by atoms with Crippen LogP contribution in [0.1, 0.15) is 55.8 Å². The van der Waals surface area contributed by atoms with Crippen molar-refractivity contribution in [3.8, 4) is 0 Å². The summed E-state index contributed by atoms with van der Waals surface area (Å²) in [5.74, 6) is 0.777. The molecular weight excluding hydrogens is 336 g/mol. The Balaban J connectivity index is 1.77. The van der Waals surface area contributed by atoms with Crippen LogP contribution in [-0.4, -0.2) is 27.2 Å². The smallest absolute Gasteiger partial charge is 0.259 e. The molecule has 0 spiro atoms. The van der Waals surface area contributed by atoms with Gasteiger partial charge in [-0.2, -0.15) is 0 Å². The second-order valence-electron chi connectivity index (χ2n) is 7.97. The van der Waals surface area contributed by atoms with Gasteiger partial charge >= 0.3 is 0 Å². The van der Waals surface area contributed by atoms with Crippen molar-refractivity contribution in [3.63, 3.8) is 0 Å². The zero-order valence-corrected chi connectivity index (χ0v) is 16.7. The molecule has 2 aliphatic rings. The zero-order valence-electron chi connectivity index (χ0n) is 16.7. The van der Waals surface area contributed by atoms with Crippen LogP contribution in [0, 0.1) is 13.8 Å². The Hall–Kier alpha value is -2.14. The number of benzene rings is 1. The monoisotopic (exact) mass is 366 g/mol. The van der Waals surface area contributed by atoms with Crippen molar-refractivity contribution >= 4 is 11.6 Å². The van der Waals surface area contributed by atoms with Crippen LogP contribution in [0.15, 0.2) is 29.1 Å². The van der Waals surface area contributed by atoms with Gasteiger partial charge in [0.2, 0.25) is 5.95 Å². The molecule has 5 heteroatoms. The number of anilines is 2. The Labute approximate surface area is 161 Å². The Kier molecular flexibility index (Phi) is 5.04. The number of aromatic nitrogens is 2. The average Bonchev–Trinajstić information content (AvgIpc) is 2.72. The lowest BCUT2D eigenvalue weighted by molar-refractivity contribution is 0.107. The molecule has 0 N–H and O–H groups in total. The van der Waals surface area contributed by atoms with Gasteiger partial charge in [0.25, 0.3) is 5.56 Å². The Bertz CT molecular complexity index is 865. The van der Waals surface area contributed by atoms with Crippen molar-refractivity contribution < 1.29 is 0 Å². The number of rotatable bonds is 3. The zero-order chi connectivity index (χ0) is 19.0.